The summed E-state index contributed by atoms with van der Waals surface area (Å²) in [6, 6.07) is 8.72. The highest BCUT2D eigenvalue weighted by molar-refractivity contribution is 7.89. The third-order valence-corrected chi connectivity index (χ3v) is 4.53. The van der Waals surface area contributed by atoms with Gasteiger partial charge in [-0.15, -0.1) is 0 Å². The quantitative estimate of drug-likeness (QED) is 0.925. The van der Waals surface area contributed by atoms with Crippen LogP contribution >= 0.6 is 11.3 Å². The minimum atomic E-state index is -3.40. The van der Waals surface area contributed by atoms with Gasteiger partial charge < -0.3 is 0 Å². The first kappa shape index (κ1) is 12.3. The van der Waals surface area contributed by atoms with E-state index in [0.717, 1.165) is 11.1 Å². The number of nitrogens with one attached hydrogen (secondary N) is 1. The van der Waals surface area contributed by atoms with Crippen LogP contribution in [-0.4, -0.2) is 8.42 Å². The van der Waals surface area contributed by atoms with E-state index in [1.54, 1.807) is 35.6 Å². The van der Waals surface area contributed by atoms with Crippen LogP contribution in [0.5, 0.6) is 0 Å². The molecular formula is C12H13NO2S2. The predicted molar refractivity (Wildman–Crippen MR) is 69.5 cm³/mol. The molecule has 17 heavy (non-hydrogen) atoms. The Labute approximate surface area is 105 Å². The molecule has 0 radical (unpaired) electrons. The summed E-state index contributed by atoms with van der Waals surface area (Å²) in [5.74, 6) is 0. The third-order valence-electron chi connectivity index (χ3n) is 2.38. The molecule has 0 spiro atoms. The van der Waals surface area contributed by atoms with Crippen LogP contribution in [0.25, 0.3) is 0 Å². The molecule has 0 aliphatic heterocycles. The fourth-order valence-electron chi connectivity index (χ4n) is 1.37. The van der Waals surface area contributed by atoms with Crippen molar-refractivity contribution >= 4 is 21.4 Å². The second-order valence-corrected chi connectivity index (χ2v) is 6.32. The van der Waals surface area contributed by atoms with E-state index in [1.165, 1.54) is 0 Å². The molecule has 0 saturated carbocycles. The molecule has 0 unspecified atom stereocenters. The van der Waals surface area contributed by atoms with E-state index in [2.05, 4.69) is 4.72 Å². The summed E-state index contributed by atoms with van der Waals surface area (Å²) in [6.45, 7) is 2.26. The highest BCUT2D eigenvalue weighted by atomic mass is 32.2. The number of rotatable bonds is 4. The molecule has 5 heteroatoms. The fraction of sp³-hybridized carbons (Fsp3) is 0.167. The largest absolute Gasteiger partial charge is 0.240 e. The molecule has 0 amide bonds. The van der Waals surface area contributed by atoms with Gasteiger partial charge in [0.05, 0.1) is 4.90 Å². The van der Waals surface area contributed by atoms with E-state index in [-0.39, 0.29) is 0 Å². The third kappa shape index (κ3) is 3.15. The average molecular weight is 267 g/mol. The zero-order chi connectivity index (χ0) is 12.3. The minimum absolute atomic E-state index is 0.304. The monoisotopic (exact) mass is 267 g/mol. The first-order chi connectivity index (χ1) is 8.08. The molecule has 2 rings (SSSR count). The standard InChI is InChI=1S/C12H13NO2S2/c1-10-2-4-12(5-3-10)17(14,15)13-8-11-6-7-16-9-11/h2-7,9,13H,8H2,1H3. The number of thiophene rings is 1. The maximum Gasteiger partial charge on any atom is 0.240 e. The number of sulfonamides is 1. The fourth-order valence-corrected chi connectivity index (χ4v) is 3.06. The van der Waals surface area contributed by atoms with Crippen LogP contribution in [0.15, 0.2) is 46.0 Å². The Kier molecular flexibility index (Phi) is 3.61. The van der Waals surface area contributed by atoms with Gasteiger partial charge in [-0.1, -0.05) is 17.7 Å². The van der Waals surface area contributed by atoms with Crippen LogP contribution < -0.4 is 4.72 Å². The van der Waals surface area contributed by atoms with Gasteiger partial charge in [-0.25, -0.2) is 13.1 Å². The summed E-state index contributed by atoms with van der Waals surface area (Å²) in [5, 5.41) is 3.85. The van der Waals surface area contributed by atoms with E-state index in [0.29, 0.717) is 11.4 Å². The molecule has 2 aromatic rings. The lowest BCUT2D eigenvalue weighted by atomic mass is 10.2. The first-order valence-corrected chi connectivity index (χ1v) is 7.58. The number of hydrogen-bond donors (Lipinski definition) is 1. The summed E-state index contributed by atoms with van der Waals surface area (Å²) in [5.41, 5.74) is 2.02. The number of benzene rings is 1. The molecule has 0 fully saturated rings. The molecule has 0 atom stereocenters. The van der Waals surface area contributed by atoms with Crippen molar-refractivity contribution in [1.29, 1.82) is 0 Å². The van der Waals surface area contributed by atoms with Crippen molar-refractivity contribution in [2.45, 2.75) is 18.4 Å². The molecule has 0 bridgehead atoms. The number of hydrogen-bond acceptors (Lipinski definition) is 3. The topological polar surface area (TPSA) is 46.2 Å². The van der Waals surface area contributed by atoms with Gasteiger partial charge in [0.25, 0.3) is 0 Å². The molecule has 1 N–H and O–H groups in total. The van der Waals surface area contributed by atoms with Crippen molar-refractivity contribution in [3.63, 3.8) is 0 Å². The van der Waals surface area contributed by atoms with E-state index >= 15 is 0 Å². The summed E-state index contributed by atoms with van der Waals surface area (Å²) < 4.78 is 26.4. The maximum atomic E-state index is 11.9. The zero-order valence-electron chi connectivity index (χ0n) is 9.38. The van der Waals surface area contributed by atoms with E-state index in [1.807, 2.05) is 23.8 Å². The van der Waals surface area contributed by atoms with E-state index in [4.69, 9.17) is 0 Å². The molecule has 3 nitrogen and oxygen atoms in total. The van der Waals surface area contributed by atoms with Crippen molar-refractivity contribution in [1.82, 2.24) is 4.72 Å². The van der Waals surface area contributed by atoms with Crippen LogP contribution in [0.4, 0.5) is 0 Å². The second kappa shape index (κ2) is 5.00. The minimum Gasteiger partial charge on any atom is -0.207 e. The smallest absolute Gasteiger partial charge is 0.207 e. The Bertz CT molecular complexity index is 571. The molecule has 0 saturated heterocycles. The summed E-state index contributed by atoms with van der Waals surface area (Å²) >= 11 is 1.55. The van der Waals surface area contributed by atoms with Crippen molar-refractivity contribution in [3.05, 3.63) is 52.2 Å². The molecule has 1 heterocycles. The van der Waals surface area contributed by atoms with Crippen molar-refractivity contribution < 1.29 is 8.42 Å². The zero-order valence-corrected chi connectivity index (χ0v) is 11.0. The lowest BCUT2D eigenvalue weighted by Gasteiger charge is -2.05. The SMILES string of the molecule is Cc1ccc(S(=O)(=O)NCc2ccsc2)cc1. The van der Waals surface area contributed by atoms with Crippen LogP contribution in [0.3, 0.4) is 0 Å². The maximum absolute atomic E-state index is 11.9. The van der Waals surface area contributed by atoms with Gasteiger partial charge in [0.1, 0.15) is 0 Å². The number of aryl methyl sites for hydroxylation is 1. The Morgan fingerprint density at radius 1 is 1.18 bits per heavy atom. The Hall–Kier alpha value is -1.17. The first-order valence-electron chi connectivity index (χ1n) is 5.15. The van der Waals surface area contributed by atoms with Crippen molar-refractivity contribution in [3.8, 4) is 0 Å². The van der Waals surface area contributed by atoms with E-state index in [9.17, 15) is 8.42 Å². The second-order valence-electron chi connectivity index (χ2n) is 3.77. The van der Waals surface area contributed by atoms with Gasteiger partial charge in [0.15, 0.2) is 0 Å². The van der Waals surface area contributed by atoms with Gasteiger partial charge in [0.2, 0.25) is 10.0 Å². The van der Waals surface area contributed by atoms with Crippen LogP contribution in [0, 0.1) is 6.92 Å². The lowest BCUT2D eigenvalue weighted by Crippen LogP contribution is -2.22. The van der Waals surface area contributed by atoms with Crippen LogP contribution in [0.2, 0.25) is 0 Å². The predicted octanol–water partition coefficient (Wildman–Crippen LogP) is 2.54. The van der Waals surface area contributed by atoms with Gasteiger partial charge in [-0.05, 0) is 41.4 Å². The molecule has 90 valence electrons. The Morgan fingerprint density at radius 3 is 2.47 bits per heavy atom. The molecule has 1 aromatic heterocycles. The normalized spacial score (nSPS) is 11.6. The molecule has 0 aliphatic carbocycles. The van der Waals surface area contributed by atoms with E-state index < -0.39 is 10.0 Å². The van der Waals surface area contributed by atoms with Crippen molar-refractivity contribution in [2.75, 3.05) is 0 Å². The average Bonchev–Trinajstić information content (AvgIpc) is 2.80. The van der Waals surface area contributed by atoms with Gasteiger partial charge >= 0.3 is 0 Å². The van der Waals surface area contributed by atoms with Crippen molar-refractivity contribution in [2.24, 2.45) is 0 Å². The molecular weight excluding hydrogens is 254 g/mol. The summed E-state index contributed by atoms with van der Waals surface area (Å²) in [7, 11) is -3.40. The molecule has 0 aliphatic rings. The van der Waals surface area contributed by atoms with Gasteiger partial charge in [0, 0.05) is 6.54 Å². The van der Waals surface area contributed by atoms with Gasteiger partial charge in [-0.3, -0.25) is 0 Å². The summed E-state index contributed by atoms with van der Waals surface area (Å²) in [6.07, 6.45) is 0. The highest BCUT2D eigenvalue weighted by Gasteiger charge is 2.12. The highest BCUT2D eigenvalue weighted by Crippen LogP contribution is 2.11. The van der Waals surface area contributed by atoms with Crippen LogP contribution in [0.1, 0.15) is 11.1 Å². The Morgan fingerprint density at radius 2 is 1.88 bits per heavy atom. The Balaban J connectivity index is 2.11. The molecule has 1 aromatic carbocycles. The van der Waals surface area contributed by atoms with Gasteiger partial charge in [-0.2, -0.15) is 11.3 Å². The lowest BCUT2D eigenvalue weighted by molar-refractivity contribution is 0.581. The van der Waals surface area contributed by atoms with Crippen LogP contribution in [-0.2, 0) is 16.6 Å². The summed E-state index contributed by atoms with van der Waals surface area (Å²) in [4.78, 5) is 0.304.